The summed E-state index contributed by atoms with van der Waals surface area (Å²) in [5, 5.41) is 2.94. The van der Waals surface area contributed by atoms with E-state index in [0.29, 0.717) is 16.8 Å². The summed E-state index contributed by atoms with van der Waals surface area (Å²) in [4.78, 5) is 8.97. The third-order valence-electron chi connectivity index (χ3n) is 2.37. The predicted molar refractivity (Wildman–Crippen MR) is 82.2 cm³/mol. The number of sulfonamides is 1. The van der Waals surface area contributed by atoms with Crippen molar-refractivity contribution in [3.63, 3.8) is 0 Å². The van der Waals surface area contributed by atoms with Gasteiger partial charge in [-0.15, -0.1) is 11.3 Å². The third-order valence-corrected chi connectivity index (χ3v) is 5.00. The summed E-state index contributed by atoms with van der Waals surface area (Å²) >= 11 is 4.64. The van der Waals surface area contributed by atoms with Crippen molar-refractivity contribution in [2.75, 3.05) is 11.9 Å². The van der Waals surface area contributed by atoms with Crippen LogP contribution in [0.2, 0.25) is 0 Å². The number of halogens is 1. The maximum Gasteiger partial charge on any atom is 0.244 e. The fourth-order valence-electron chi connectivity index (χ4n) is 1.50. The third kappa shape index (κ3) is 3.75. The van der Waals surface area contributed by atoms with E-state index < -0.39 is 10.0 Å². The van der Waals surface area contributed by atoms with Crippen LogP contribution in [0, 0.1) is 0 Å². The van der Waals surface area contributed by atoms with Gasteiger partial charge in [0.25, 0.3) is 0 Å². The fraction of sp³-hybridized carbons (Fsp3) is 0.273. The van der Waals surface area contributed by atoms with Gasteiger partial charge < -0.3 is 5.32 Å². The second-order valence-corrected chi connectivity index (χ2v) is 7.44. The second-order valence-electron chi connectivity index (χ2n) is 3.82. The minimum atomic E-state index is -3.64. The quantitative estimate of drug-likeness (QED) is 0.807. The summed E-state index contributed by atoms with van der Waals surface area (Å²) in [5.41, 5.74) is 1.66. The first kappa shape index (κ1) is 15.4. The lowest BCUT2D eigenvalue weighted by Gasteiger charge is -2.11. The van der Waals surface area contributed by atoms with Crippen LogP contribution in [0.5, 0.6) is 0 Å². The fourth-order valence-corrected chi connectivity index (χ4v) is 3.77. The molecule has 0 spiro atoms. The van der Waals surface area contributed by atoms with E-state index in [1.165, 1.54) is 17.4 Å². The van der Waals surface area contributed by atoms with Gasteiger partial charge in [0, 0.05) is 34.8 Å². The molecule has 0 aliphatic rings. The number of hydrogen-bond acceptors (Lipinski definition) is 6. The number of aromatic nitrogens is 2. The summed E-state index contributed by atoms with van der Waals surface area (Å²) < 4.78 is 27.8. The summed E-state index contributed by atoms with van der Waals surface area (Å²) in [7, 11) is -3.64. The van der Waals surface area contributed by atoms with Gasteiger partial charge in [-0.2, -0.15) is 0 Å². The molecule has 20 heavy (non-hydrogen) atoms. The van der Waals surface area contributed by atoms with Crippen LogP contribution in [0.4, 0.5) is 5.82 Å². The number of pyridine rings is 1. The molecule has 0 radical (unpaired) electrons. The van der Waals surface area contributed by atoms with Gasteiger partial charge in [-0.25, -0.2) is 18.1 Å². The molecule has 0 amide bonds. The molecule has 2 rings (SSSR count). The molecule has 0 bridgehead atoms. The van der Waals surface area contributed by atoms with Gasteiger partial charge in [-0.05, 0) is 28.9 Å². The Kier molecular flexibility index (Phi) is 5.08. The van der Waals surface area contributed by atoms with E-state index in [0.717, 1.165) is 4.88 Å². The van der Waals surface area contributed by atoms with Crippen LogP contribution in [0.1, 0.15) is 11.8 Å². The minimum Gasteiger partial charge on any atom is -0.369 e. The average Bonchev–Trinajstić information content (AvgIpc) is 2.92. The lowest BCUT2D eigenvalue weighted by molar-refractivity contribution is 0.581. The van der Waals surface area contributed by atoms with E-state index in [-0.39, 0.29) is 11.4 Å². The molecular formula is C11H13BrN4O2S2. The summed E-state index contributed by atoms with van der Waals surface area (Å²) in [6.45, 7) is 2.68. The van der Waals surface area contributed by atoms with Crippen molar-refractivity contribution in [2.24, 2.45) is 0 Å². The first-order valence-electron chi connectivity index (χ1n) is 5.79. The molecule has 108 valence electrons. The molecular weight excluding hydrogens is 364 g/mol. The number of nitrogens with zero attached hydrogens (tertiary/aromatic N) is 2. The minimum absolute atomic E-state index is 0.123. The molecule has 0 fully saturated rings. The predicted octanol–water partition coefficient (Wildman–Crippen LogP) is 2.21. The Morgan fingerprint density at radius 3 is 2.85 bits per heavy atom. The van der Waals surface area contributed by atoms with Crippen molar-refractivity contribution in [1.29, 1.82) is 0 Å². The van der Waals surface area contributed by atoms with E-state index in [9.17, 15) is 8.42 Å². The Hall–Kier alpha value is -1.03. The molecule has 2 N–H and O–H groups in total. The van der Waals surface area contributed by atoms with Crippen LogP contribution in [0.25, 0.3) is 0 Å². The molecule has 0 aliphatic heterocycles. The molecule has 2 aromatic rings. The molecule has 0 atom stereocenters. The van der Waals surface area contributed by atoms with Gasteiger partial charge in [0.15, 0.2) is 0 Å². The monoisotopic (exact) mass is 376 g/mol. The summed E-state index contributed by atoms with van der Waals surface area (Å²) in [6.07, 6.45) is 3.19. The molecule has 0 aromatic carbocycles. The molecule has 2 heterocycles. The zero-order valence-corrected chi connectivity index (χ0v) is 13.8. The average molecular weight is 377 g/mol. The van der Waals surface area contributed by atoms with Crippen LogP contribution in [0.3, 0.4) is 0 Å². The van der Waals surface area contributed by atoms with E-state index in [2.05, 4.69) is 35.9 Å². The highest BCUT2D eigenvalue weighted by Gasteiger charge is 2.20. The Balaban J connectivity index is 2.26. The van der Waals surface area contributed by atoms with Gasteiger partial charge in [0.2, 0.25) is 10.0 Å². The van der Waals surface area contributed by atoms with Crippen molar-refractivity contribution >= 4 is 43.1 Å². The van der Waals surface area contributed by atoms with E-state index >= 15 is 0 Å². The van der Waals surface area contributed by atoms with Gasteiger partial charge in [0.05, 0.1) is 5.51 Å². The van der Waals surface area contributed by atoms with E-state index in [1.54, 1.807) is 17.9 Å². The number of thiazole rings is 1. The largest absolute Gasteiger partial charge is 0.369 e. The Morgan fingerprint density at radius 2 is 2.20 bits per heavy atom. The topological polar surface area (TPSA) is 84.0 Å². The first-order valence-corrected chi connectivity index (χ1v) is 8.95. The van der Waals surface area contributed by atoms with Crippen LogP contribution in [-0.2, 0) is 16.6 Å². The van der Waals surface area contributed by atoms with Crippen molar-refractivity contribution in [3.8, 4) is 0 Å². The van der Waals surface area contributed by atoms with Crippen molar-refractivity contribution in [2.45, 2.75) is 18.4 Å². The number of rotatable bonds is 6. The van der Waals surface area contributed by atoms with Gasteiger partial charge in [-0.3, -0.25) is 4.98 Å². The first-order chi connectivity index (χ1) is 9.53. The smallest absolute Gasteiger partial charge is 0.244 e. The van der Waals surface area contributed by atoms with Crippen LogP contribution < -0.4 is 10.0 Å². The van der Waals surface area contributed by atoms with Gasteiger partial charge in [0.1, 0.15) is 10.7 Å². The molecule has 2 aromatic heterocycles. The van der Waals surface area contributed by atoms with Gasteiger partial charge >= 0.3 is 0 Å². The van der Waals surface area contributed by atoms with Crippen LogP contribution >= 0.6 is 27.3 Å². The maximum absolute atomic E-state index is 12.3. The molecule has 0 saturated heterocycles. The maximum atomic E-state index is 12.3. The van der Waals surface area contributed by atoms with Gasteiger partial charge in [-0.1, -0.05) is 0 Å². The summed E-state index contributed by atoms with van der Waals surface area (Å²) in [5.74, 6) is 0.340. The highest BCUT2D eigenvalue weighted by molar-refractivity contribution is 9.10. The van der Waals surface area contributed by atoms with Crippen molar-refractivity contribution in [3.05, 3.63) is 33.3 Å². The Labute approximate surface area is 129 Å². The normalized spacial score (nSPS) is 11.5. The lowest BCUT2D eigenvalue weighted by atomic mass is 10.4. The standard InChI is InChI=1S/C11H13BrN4O2S2/c1-2-14-11-10(3-8(12)4-15-11)20(17,18)16-6-9-5-13-7-19-9/h3-5,7,16H,2,6H2,1H3,(H,14,15). The van der Waals surface area contributed by atoms with E-state index in [1.807, 2.05) is 6.92 Å². The van der Waals surface area contributed by atoms with Crippen LogP contribution in [-0.4, -0.2) is 24.9 Å². The number of hydrogen-bond donors (Lipinski definition) is 2. The highest BCUT2D eigenvalue weighted by atomic mass is 79.9. The SMILES string of the molecule is CCNc1ncc(Br)cc1S(=O)(=O)NCc1cncs1. The van der Waals surface area contributed by atoms with Crippen molar-refractivity contribution < 1.29 is 8.42 Å². The number of nitrogens with one attached hydrogen (secondary N) is 2. The zero-order chi connectivity index (χ0) is 14.6. The number of anilines is 1. The molecule has 0 unspecified atom stereocenters. The molecule has 0 aliphatic carbocycles. The highest BCUT2D eigenvalue weighted by Crippen LogP contribution is 2.23. The lowest BCUT2D eigenvalue weighted by Crippen LogP contribution is -2.24. The van der Waals surface area contributed by atoms with Crippen LogP contribution in [0.15, 0.2) is 33.3 Å². The van der Waals surface area contributed by atoms with Crippen molar-refractivity contribution in [1.82, 2.24) is 14.7 Å². The molecule has 0 saturated carbocycles. The summed E-state index contributed by atoms with van der Waals surface area (Å²) in [6, 6.07) is 1.53. The van der Waals surface area contributed by atoms with E-state index in [4.69, 9.17) is 0 Å². The zero-order valence-electron chi connectivity index (χ0n) is 10.6. The molecule has 9 heteroatoms. The molecule has 6 nitrogen and oxygen atoms in total. The second kappa shape index (κ2) is 6.61. The Morgan fingerprint density at radius 1 is 1.40 bits per heavy atom. The Bertz CT molecular complexity index is 674.